The van der Waals surface area contributed by atoms with E-state index in [-0.39, 0.29) is 23.0 Å². The topological polar surface area (TPSA) is 43.9 Å². The number of hydrogen-bond donors (Lipinski definition) is 0. The third-order valence-electron chi connectivity index (χ3n) is 6.73. The van der Waals surface area contributed by atoms with Gasteiger partial charge < -0.3 is 9.80 Å². The summed E-state index contributed by atoms with van der Waals surface area (Å²) in [6, 6.07) is 14.3. The Morgan fingerprint density at radius 1 is 0.943 bits per heavy atom. The number of halogens is 1. The highest BCUT2D eigenvalue weighted by atomic mass is 19.1. The first-order valence-electron chi connectivity index (χ1n) is 12.8. The molecule has 2 amide bonds. The molecule has 2 aromatic carbocycles. The van der Waals surface area contributed by atoms with E-state index < -0.39 is 0 Å². The van der Waals surface area contributed by atoms with Gasteiger partial charge >= 0.3 is 0 Å². The van der Waals surface area contributed by atoms with E-state index in [0.717, 1.165) is 43.6 Å². The van der Waals surface area contributed by atoms with Crippen LogP contribution < -0.4 is 0 Å². The van der Waals surface area contributed by atoms with Crippen molar-refractivity contribution in [1.29, 1.82) is 0 Å². The number of amides is 2. The number of benzene rings is 2. The highest BCUT2D eigenvalue weighted by Crippen LogP contribution is 2.22. The Bertz CT molecular complexity index is 959. The van der Waals surface area contributed by atoms with Gasteiger partial charge in [0.05, 0.1) is 0 Å². The second-order valence-corrected chi connectivity index (χ2v) is 10.5. The van der Waals surface area contributed by atoms with E-state index in [0.29, 0.717) is 32.6 Å². The summed E-state index contributed by atoms with van der Waals surface area (Å²) in [7, 11) is 0. The van der Waals surface area contributed by atoms with Crippen LogP contribution in [0.1, 0.15) is 68.4 Å². The molecule has 0 unspecified atom stereocenters. The largest absolute Gasteiger partial charge is 0.337 e. The number of piperazine rings is 1. The van der Waals surface area contributed by atoms with Gasteiger partial charge in [-0.25, -0.2) is 4.39 Å². The Kier molecular flexibility index (Phi) is 9.44. The molecule has 6 heteroatoms. The second-order valence-electron chi connectivity index (χ2n) is 10.5. The quantitative estimate of drug-likeness (QED) is 0.501. The van der Waals surface area contributed by atoms with Crippen LogP contribution in [0.3, 0.4) is 0 Å². The fourth-order valence-corrected chi connectivity index (χ4v) is 4.32. The number of hydrogen-bond acceptors (Lipinski definition) is 3. The lowest BCUT2D eigenvalue weighted by Crippen LogP contribution is -2.50. The smallest absolute Gasteiger partial charge is 0.253 e. The highest BCUT2D eigenvalue weighted by Gasteiger charge is 2.24. The first-order valence-corrected chi connectivity index (χ1v) is 12.8. The van der Waals surface area contributed by atoms with Gasteiger partial charge in [0.15, 0.2) is 0 Å². The zero-order valence-electron chi connectivity index (χ0n) is 21.7. The maximum atomic E-state index is 13.3. The third-order valence-corrected chi connectivity index (χ3v) is 6.73. The fraction of sp³-hybridized carbons (Fsp3) is 0.517. The molecule has 1 aliphatic heterocycles. The van der Waals surface area contributed by atoms with Crippen molar-refractivity contribution < 1.29 is 14.0 Å². The molecule has 0 bridgehead atoms. The van der Waals surface area contributed by atoms with Crippen molar-refractivity contribution in [2.24, 2.45) is 0 Å². The van der Waals surface area contributed by atoms with Crippen molar-refractivity contribution in [1.82, 2.24) is 14.7 Å². The van der Waals surface area contributed by atoms with Gasteiger partial charge in [-0.3, -0.25) is 14.5 Å². The lowest BCUT2D eigenvalue weighted by Gasteiger charge is -2.36. The minimum atomic E-state index is -0.268. The van der Waals surface area contributed by atoms with Crippen LogP contribution >= 0.6 is 0 Å². The predicted molar refractivity (Wildman–Crippen MR) is 139 cm³/mol. The molecule has 0 spiro atoms. The molecule has 0 radical (unpaired) electrons. The first kappa shape index (κ1) is 26.9. The summed E-state index contributed by atoms with van der Waals surface area (Å²) in [5, 5.41) is 0. The maximum absolute atomic E-state index is 13.3. The Hall–Kier alpha value is -2.73. The molecule has 0 aromatic heterocycles. The Balaban J connectivity index is 1.52. The van der Waals surface area contributed by atoms with Crippen molar-refractivity contribution in [2.45, 2.75) is 58.9 Å². The number of rotatable bonds is 9. The van der Waals surface area contributed by atoms with Gasteiger partial charge in [0.1, 0.15) is 5.82 Å². The van der Waals surface area contributed by atoms with E-state index in [4.69, 9.17) is 0 Å². The molecule has 1 saturated heterocycles. The number of nitrogens with zero attached hydrogens (tertiary/aromatic N) is 3. The summed E-state index contributed by atoms with van der Waals surface area (Å²) in [4.78, 5) is 31.9. The van der Waals surface area contributed by atoms with Crippen molar-refractivity contribution >= 4 is 11.8 Å². The van der Waals surface area contributed by atoms with Gasteiger partial charge in [0.2, 0.25) is 5.91 Å². The van der Waals surface area contributed by atoms with Crippen LogP contribution in [-0.4, -0.2) is 65.8 Å². The van der Waals surface area contributed by atoms with E-state index in [1.165, 1.54) is 17.7 Å². The van der Waals surface area contributed by atoms with Gasteiger partial charge in [-0.1, -0.05) is 58.4 Å². The molecule has 0 N–H and O–H groups in total. The lowest BCUT2D eigenvalue weighted by molar-refractivity contribution is -0.132. The van der Waals surface area contributed by atoms with Gasteiger partial charge in [0.25, 0.3) is 5.91 Å². The molecule has 0 saturated carbocycles. The molecule has 35 heavy (non-hydrogen) atoms. The summed E-state index contributed by atoms with van der Waals surface area (Å²) < 4.78 is 13.3. The lowest BCUT2D eigenvalue weighted by atomic mass is 9.86. The summed E-state index contributed by atoms with van der Waals surface area (Å²) in [5.41, 5.74) is 2.95. The molecule has 1 heterocycles. The SMILES string of the molecule is CCCCC(=O)N(CCN1CCN(C(=O)c2ccc(C(C)(C)C)cc2)CC1)Cc1ccc(F)cc1. The second kappa shape index (κ2) is 12.3. The molecular weight excluding hydrogens is 441 g/mol. The number of carbonyl (C=O) groups is 2. The third kappa shape index (κ3) is 7.89. The van der Waals surface area contributed by atoms with Gasteiger partial charge in [-0.2, -0.15) is 0 Å². The van der Waals surface area contributed by atoms with Crippen LogP contribution in [0.15, 0.2) is 48.5 Å². The maximum Gasteiger partial charge on any atom is 0.253 e. The van der Waals surface area contributed by atoms with E-state index in [1.807, 2.05) is 21.9 Å². The van der Waals surface area contributed by atoms with Crippen LogP contribution in [0.25, 0.3) is 0 Å². The number of unbranched alkanes of at least 4 members (excludes halogenated alkanes) is 1. The normalized spacial score (nSPS) is 14.7. The van der Waals surface area contributed by atoms with E-state index in [2.05, 4.69) is 44.7 Å². The first-order chi connectivity index (χ1) is 16.7. The van der Waals surface area contributed by atoms with Gasteiger partial charge in [-0.05, 0) is 47.2 Å². The van der Waals surface area contributed by atoms with Crippen LogP contribution in [0, 0.1) is 5.82 Å². The molecule has 2 aromatic rings. The molecule has 190 valence electrons. The molecule has 1 fully saturated rings. The minimum absolute atomic E-state index is 0.0652. The fourth-order valence-electron chi connectivity index (χ4n) is 4.32. The van der Waals surface area contributed by atoms with Crippen molar-refractivity contribution in [3.05, 3.63) is 71.0 Å². The monoisotopic (exact) mass is 481 g/mol. The zero-order chi connectivity index (χ0) is 25.4. The minimum Gasteiger partial charge on any atom is -0.337 e. The molecule has 5 nitrogen and oxygen atoms in total. The Labute approximate surface area is 209 Å². The van der Waals surface area contributed by atoms with Crippen molar-refractivity contribution in [2.75, 3.05) is 39.3 Å². The molecule has 1 aliphatic rings. The van der Waals surface area contributed by atoms with Crippen molar-refractivity contribution in [3.63, 3.8) is 0 Å². The van der Waals surface area contributed by atoms with E-state index >= 15 is 0 Å². The molecule has 0 atom stereocenters. The average Bonchev–Trinajstić information content (AvgIpc) is 2.85. The predicted octanol–water partition coefficient (Wildman–Crippen LogP) is 5.10. The van der Waals surface area contributed by atoms with Crippen LogP contribution in [0.5, 0.6) is 0 Å². The van der Waals surface area contributed by atoms with Gasteiger partial charge in [-0.15, -0.1) is 0 Å². The molecule has 3 rings (SSSR count). The summed E-state index contributed by atoms with van der Waals surface area (Å²) in [5.74, 6) is -0.0448. The highest BCUT2D eigenvalue weighted by molar-refractivity contribution is 5.94. The van der Waals surface area contributed by atoms with E-state index in [9.17, 15) is 14.0 Å². The Morgan fingerprint density at radius 3 is 2.14 bits per heavy atom. The van der Waals surface area contributed by atoms with E-state index in [1.54, 1.807) is 12.1 Å². The summed E-state index contributed by atoms with van der Waals surface area (Å²) in [6.45, 7) is 13.4. The molecular formula is C29H40FN3O2. The standard InChI is InChI=1S/C29H40FN3O2/c1-5-6-7-27(34)33(22-23-8-14-26(30)15-9-23)21-18-31-16-19-32(20-17-31)28(35)24-10-12-25(13-11-24)29(2,3)4/h8-15H,5-7,16-22H2,1-4H3. The molecule has 0 aliphatic carbocycles. The zero-order valence-corrected chi connectivity index (χ0v) is 21.7. The van der Waals surface area contributed by atoms with Gasteiger partial charge in [0, 0.05) is 57.8 Å². The summed E-state index contributed by atoms with van der Waals surface area (Å²) in [6.07, 6.45) is 2.38. The number of carbonyl (C=O) groups excluding carboxylic acids is 2. The Morgan fingerprint density at radius 2 is 1.57 bits per heavy atom. The average molecular weight is 482 g/mol. The summed E-state index contributed by atoms with van der Waals surface area (Å²) >= 11 is 0. The van der Waals surface area contributed by atoms with Crippen molar-refractivity contribution in [3.8, 4) is 0 Å². The van der Waals surface area contributed by atoms with Crippen LogP contribution in [0.2, 0.25) is 0 Å². The van der Waals surface area contributed by atoms with Crippen LogP contribution in [-0.2, 0) is 16.8 Å². The van der Waals surface area contributed by atoms with Crippen LogP contribution in [0.4, 0.5) is 4.39 Å².